The van der Waals surface area contributed by atoms with Gasteiger partial charge in [-0.15, -0.1) is 0 Å². The number of carbonyl (C=O) groups is 3. The van der Waals surface area contributed by atoms with E-state index in [1.54, 1.807) is 38.1 Å². The normalized spacial score (nSPS) is 10.1. The van der Waals surface area contributed by atoms with Gasteiger partial charge in [-0.05, 0) is 32.0 Å². The number of benzene rings is 1. The van der Waals surface area contributed by atoms with Crippen molar-refractivity contribution in [2.24, 2.45) is 0 Å². The molecule has 1 aromatic rings. The van der Waals surface area contributed by atoms with E-state index in [2.05, 4.69) is 10.6 Å². The minimum Gasteiger partial charge on any atom is -0.463 e. The van der Waals surface area contributed by atoms with E-state index in [-0.39, 0.29) is 36.9 Å². The van der Waals surface area contributed by atoms with Crippen LogP contribution >= 0.6 is 0 Å². The molecule has 0 aliphatic rings. The molecule has 6 nitrogen and oxygen atoms in total. The number of anilines is 1. The Morgan fingerprint density at radius 3 is 2.57 bits per heavy atom. The number of carbonyl (C=O) groups excluding carboxylic acids is 3. The van der Waals surface area contributed by atoms with Gasteiger partial charge in [0.25, 0.3) is 5.91 Å². The van der Waals surface area contributed by atoms with Crippen LogP contribution in [0.3, 0.4) is 0 Å². The highest BCUT2D eigenvalue weighted by molar-refractivity contribution is 5.96. The lowest BCUT2D eigenvalue weighted by atomic mass is 10.2. The van der Waals surface area contributed by atoms with Gasteiger partial charge in [0.1, 0.15) is 0 Å². The highest BCUT2D eigenvalue weighted by Crippen LogP contribution is 2.10. The summed E-state index contributed by atoms with van der Waals surface area (Å²) < 4.78 is 4.96. The predicted molar refractivity (Wildman–Crippen MR) is 78.9 cm³/mol. The van der Waals surface area contributed by atoms with Crippen molar-refractivity contribution in [3.8, 4) is 0 Å². The van der Waals surface area contributed by atoms with Gasteiger partial charge >= 0.3 is 5.97 Å². The second-order valence-electron chi connectivity index (χ2n) is 4.81. The van der Waals surface area contributed by atoms with Crippen LogP contribution in [0.1, 0.15) is 37.6 Å². The van der Waals surface area contributed by atoms with E-state index in [0.717, 1.165) is 0 Å². The molecule has 2 amide bonds. The highest BCUT2D eigenvalue weighted by atomic mass is 16.5. The van der Waals surface area contributed by atoms with E-state index in [9.17, 15) is 14.4 Å². The Morgan fingerprint density at radius 2 is 1.95 bits per heavy atom. The van der Waals surface area contributed by atoms with Crippen molar-refractivity contribution in [1.82, 2.24) is 5.32 Å². The Labute approximate surface area is 123 Å². The second kappa shape index (κ2) is 8.04. The zero-order chi connectivity index (χ0) is 15.8. The van der Waals surface area contributed by atoms with Crippen LogP contribution in [0.15, 0.2) is 24.3 Å². The third-order valence-electron chi connectivity index (χ3n) is 2.43. The molecule has 0 saturated carbocycles. The molecule has 114 valence electrons. The van der Waals surface area contributed by atoms with Gasteiger partial charge in [0.15, 0.2) is 0 Å². The number of nitrogens with one attached hydrogen (secondary N) is 2. The lowest BCUT2D eigenvalue weighted by Gasteiger charge is -2.09. The molecule has 0 unspecified atom stereocenters. The van der Waals surface area contributed by atoms with Crippen LogP contribution in [0.25, 0.3) is 0 Å². The summed E-state index contributed by atoms with van der Waals surface area (Å²) in [6.45, 7) is 5.13. The largest absolute Gasteiger partial charge is 0.463 e. The maximum absolute atomic E-state index is 11.9. The zero-order valence-corrected chi connectivity index (χ0v) is 12.4. The van der Waals surface area contributed by atoms with Crippen LogP contribution in [-0.4, -0.2) is 30.4 Å². The summed E-state index contributed by atoms with van der Waals surface area (Å²) in [5.74, 6) is -0.860. The van der Waals surface area contributed by atoms with E-state index < -0.39 is 0 Å². The Bertz CT molecular complexity index is 526. The third kappa shape index (κ3) is 6.56. The summed E-state index contributed by atoms with van der Waals surface area (Å²) >= 11 is 0. The summed E-state index contributed by atoms with van der Waals surface area (Å²) in [6.07, 6.45) is -0.0440. The van der Waals surface area contributed by atoms with E-state index in [0.29, 0.717) is 11.3 Å². The Balaban J connectivity index is 2.48. The molecule has 0 atom stereocenters. The molecule has 2 N–H and O–H groups in total. The predicted octanol–water partition coefficient (Wildman–Crippen LogP) is 1.72. The molecule has 6 heteroatoms. The molecule has 0 radical (unpaired) electrons. The zero-order valence-electron chi connectivity index (χ0n) is 12.4. The van der Waals surface area contributed by atoms with Gasteiger partial charge in [-0.2, -0.15) is 0 Å². The topological polar surface area (TPSA) is 84.5 Å². The van der Waals surface area contributed by atoms with E-state index in [1.807, 2.05) is 0 Å². The van der Waals surface area contributed by atoms with Crippen LogP contribution in [0.5, 0.6) is 0 Å². The molecule has 0 saturated heterocycles. The minimum atomic E-state index is -0.350. The third-order valence-corrected chi connectivity index (χ3v) is 2.43. The number of esters is 1. The summed E-state index contributed by atoms with van der Waals surface area (Å²) in [5.41, 5.74) is 0.966. The van der Waals surface area contributed by atoms with Crippen LogP contribution in [0, 0.1) is 0 Å². The van der Waals surface area contributed by atoms with Crippen LogP contribution in [-0.2, 0) is 14.3 Å². The summed E-state index contributed by atoms with van der Waals surface area (Å²) in [7, 11) is 0. The van der Waals surface area contributed by atoms with Crippen molar-refractivity contribution in [3.63, 3.8) is 0 Å². The van der Waals surface area contributed by atoms with Gasteiger partial charge in [0.05, 0.1) is 12.5 Å². The average molecular weight is 292 g/mol. The first kappa shape index (κ1) is 16.7. The van der Waals surface area contributed by atoms with Crippen molar-refractivity contribution in [2.45, 2.75) is 33.3 Å². The van der Waals surface area contributed by atoms with Crippen molar-refractivity contribution >= 4 is 23.5 Å². The molecule has 0 fully saturated rings. The standard InChI is InChI=1S/C15H20N2O4/c1-10(2)21-14(19)7-8-16-15(20)12-5-4-6-13(9-12)17-11(3)18/h4-6,9-10H,7-8H2,1-3H3,(H,16,20)(H,17,18). The Hall–Kier alpha value is -2.37. The van der Waals surface area contributed by atoms with Gasteiger partial charge in [0.2, 0.25) is 5.91 Å². The molecule has 21 heavy (non-hydrogen) atoms. The molecular weight excluding hydrogens is 272 g/mol. The molecule has 0 aromatic heterocycles. The van der Waals surface area contributed by atoms with Gasteiger partial charge in [-0.1, -0.05) is 6.07 Å². The number of rotatable bonds is 6. The molecule has 0 heterocycles. The molecule has 0 aliphatic carbocycles. The molecular formula is C15H20N2O4. The number of ether oxygens (including phenoxy) is 1. The number of hydrogen-bond donors (Lipinski definition) is 2. The van der Waals surface area contributed by atoms with E-state index in [4.69, 9.17) is 4.74 Å². The monoisotopic (exact) mass is 292 g/mol. The smallest absolute Gasteiger partial charge is 0.307 e. The fraction of sp³-hybridized carbons (Fsp3) is 0.400. The second-order valence-corrected chi connectivity index (χ2v) is 4.81. The SMILES string of the molecule is CC(=O)Nc1cccc(C(=O)NCCC(=O)OC(C)C)c1. The quantitative estimate of drug-likeness (QED) is 0.782. The van der Waals surface area contributed by atoms with Crippen molar-refractivity contribution in [2.75, 3.05) is 11.9 Å². The van der Waals surface area contributed by atoms with Crippen LogP contribution < -0.4 is 10.6 Å². The molecule has 0 spiro atoms. The summed E-state index contributed by atoms with van der Waals surface area (Å²) in [6, 6.07) is 6.57. The maximum Gasteiger partial charge on any atom is 0.307 e. The average Bonchev–Trinajstić information content (AvgIpc) is 2.37. The minimum absolute atomic E-state index is 0.120. The lowest BCUT2D eigenvalue weighted by molar-refractivity contribution is -0.147. The van der Waals surface area contributed by atoms with Gasteiger partial charge in [0, 0.05) is 24.7 Å². The Morgan fingerprint density at radius 1 is 1.24 bits per heavy atom. The first-order valence-corrected chi connectivity index (χ1v) is 6.74. The summed E-state index contributed by atoms with van der Waals surface area (Å²) in [5, 5.41) is 5.23. The van der Waals surface area contributed by atoms with Gasteiger partial charge in [-0.25, -0.2) is 0 Å². The van der Waals surface area contributed by atoms with Crippen LogP contribution in [0.2, 0.25) is 0 Å². The number of hydrogen-bond acceptors (Lipinski definition) is 4. The van der Waals surface area contributed by atoms with Crippen molar-refractivity contribution < 1.29 is 19.1 Å². The highest BCUT2D eigenvalue weighted by Gasteiger charge is 2.09. The maximum atomic E-state index is 11.9. The van der Waals surface area contributed by atoms with E-state index in [1.165, 1.54) is 6.92 Å². The Kier molecular flexibility index (Phi) is 6.39. The summed E-state index contributed by atoms with van der Waals surface area (Å²) in [4.78, 5) is 34.2. The lowest BCUT2D eigenvalue weighted by Crippen LogP contribution is -2.27. The molecule has 1 rings (SSSR count). The first-order valence-electron chi connectivity index (χ1n) is 6.74. The molecule has 0 bridgehead atoms. The van der Waals surface area contributed by atoms with Crippen molar-refractivity contribution in [3.05, 3.63) is 29.8 Å². The molecule has 0 aliphatic heterocycles. The van der Waals surface area contributed by atoms with Gasteiger partial charge < -0.3 is 15.4 Å². The molecule has 1 aromatic carbocycles. The number of amides is 2. The van der Waals surface area contributed by atoms with Crippen molar-refractivity contribution in [1.29, 1.82) is 0 Å². The van der Waals surface area contributed by atoms with E-state index >= 15 is 0 Å². The van der Waals surface area contributed by atoms with Gasteiger partial charge in [-0.3, -0.25) is 14.4 Å². The fourth-order valence-electron chi connectivity index (χ4n) is 1.64. The fourth-order valence-corrected chi connectivity index (χ4v) is 1.64. The van der Waals surface area contributed by atoms with Crippen LogP contribution in [0.4, 0.5) is 5.69 Å². The first-order chi connectivity index (χ1) is 9.88.